The van der Waals surface area contributed by atoms with Gasteiger partial charge in [0, 0.05) is 18.7 Å². The predicted molar refractivity (Wildman–Crippen MR) is 129 cm³/mol. The summed E-state index contributed by atoms with van der Waals surface area (Å²) in [4.78, 5) is 30.0. The molecule has 2 aromatic carbocycles. The number of carbonyl (C=O) groups excluding carboxylic acids is 2. The van der Waals surface area contributed by atoms with E-state index in [4.69, 9.17) is 14.2 Å². The Hall–Kier alpha value is -3.52. The number of aliphatic hydroxyl groups is 1. The van der Waals surface area contributed by atoms with Gasteiger partial charge in [0.05, 0.1) is 32.9 Å². The Morgan fingerprint density at radius 3 is 2.15 bits per heavy atom. The molecule has 1 saturated heterocycles. The van der Waals surface area contributed by atoms with Crippen molar-refractivity contribution in [2.75, 3.05) is 47.5 Å². The number of ether oxygens (including phenoxy) is 3. The lowest BCUT2D eigenvalue weighted by molar-refractivity contribution is -0.140. The molecule has 34 heavy (non-hydrogen) atoms. The standard InChI is InChI=1S/C26H32N2O6/c1-6-27(7-2)14-15-28-23(17-8-11-19(32-3)12-9-17)22(25(30)26(28)31)24(29)18-10-13-20(33-4)21(16-18)34-5/h8-13,16,23,29H,6-7,14-15H2,1-5H3. The highest BCUT2D eigenvalue weighted by atomic mass is 16.5. The van der Waals surface area contributed by atoms with Crippen LogP contribution in [0.25, 0.3) is 5.76 Å². The lowest BCUT2D eigenvalue weighted by Crippen LogP contribution is -2.38. The first-order valence-electron chi connectivity index (χ1n) is 11.3. The molecule has 1 aliphatic rings. The number of rotatable bonds is 10. The van der Waals surface area contributed by atoms with E-state index in [2.05, 4.69) is 18.7 Å². The van der Waals surface area contributed by atoms with Crippen molar-refractivity contribution in [3.63, 3.8) is 0 Å². The van der Waals surface area contributed by atoms with Crippen LogP contribution >= 0.6 is 0 Å². The molecule has 0 aliphatic carbocycles. The van der Waals surface area contributed by atoms with Crippen molar-refractivity contribution in [3.8, 4) is 17.2 Å². The minimum absolute atomic E-state index is 0.0435. The highest BCUT2D eigenvalue weighted by Crippen LogP contribution is 2.40. The summed E-state index contributed by atoms with van der Waals surface area (Å²) in [6.07, 6.45) is 0. The predicted octanol–water partition coefficient (Wildman–Crippen LogP) is 3.48. The summed E-state index contributed by atoms with van der Waals surface area (Å²) in [5.74, 6) is -0.0504. The van der Waals surface area contributed by atoms with Gasteiger partial charge in [0.2, 0.25) is 0 Å². The van der Waals surface area contributed by atoms with E-state index in [1.807, 2.05) is 12.1 Å². The summed E-state index contributed by atoms with van der Waals surface area (Å²) in [7, 11) is 4.58. The van der Waals surface area contributed by atoms with Crippen LogP contribution in [0.1, 0.15) is 31.0 Å². The Bertz CT molecular complexity index is 1060. The van der Waals surface area contributed by atoms with Gasteiger partial charge in [0.25, 0.3) is 11.7 Å². The molecule has 182 valence electrons. The van der Waals surface area contributed by atoms with Crippen LogP contribution in [0, 0.1) is 0 Å². The fourth-order valence-electron chi connectivity index (χ4n) is 4.17. The van der Waals surface area contributed by atoms with E-state index >= 15 is 0 Å². The van der Waals surface area contributed by atoms with E-state index in [1.165, 1.54) is 19.1 Å². The van der Waals surface area contributed by atoms with Gasteiger partial charge in [-0.1, -0.05) is 26.0 Å². The van der Waals surface area contributed by atoms with Crippen LogP contribution in [0.5, 0.6) is 17.2 Å². The van der Waals surface area contributed by atoms with E-state index in [0.717, 1.165) is 13.1 Å². The summed E-state index contributed by atoms with van der Waals surface area (Å²) in [5.41, 5.74) is 1.11. The van der Waals surface area contributed by atoms with Gasteiger partial charge in [-0.3, -0.25) is 9.59 Å². The Morgan fingerprint density at radius 1 is 0.941 bits per heavy atom. The van der Waals surface area contributed by atoms with Crippen LogP contribution in [-0.2, 0) is 9.59 Å². The molecule has 8 nitrogen and oxygen atoms in total. The number of aliphatic hydroxyl groups excluding tert-OH is 1. The van der Waals surface area contributed by atoms with Gasteiger partial charge in [-0.2, -0.15) is 0 Å². The average Bonchev–Trinajstić information content (AvgIpc) is 3.13. The van der Waals surface area contributed by atoms with Gasteiger partial charge >= 0.3 is 0 Å². The first-order chi connectivity index (χ1) is 16.4. The minimum Gasteiger partial charge on any atom is -0.507 e. The maximum Gasteiger partial charge on any atom is 0.295 e. The third-order valence-corrected chi connectivity index (χ3v) is 6.18. The molecule has 1 unspecified atom stereocenters. The van der Waals surface area contributed by atoms with Crippen molar-refractivity contribution in [1.82, 2.24) is 9.80 Å². The zero-order valence-electron chi connectivity index (χ0n) is 20.3. The highest BCUT2D eigenvalue weighted by Gasteiger charge is 2.46. The Labute approximate surface area is 200 Å². The molecule has 0 spiro atoms. The number of hydrogen-bond acceptors (Lipinski definition) is 7. The van der Waals surface area contributed by atoms with Crippen molar-refractivity contribution >= 4 is 17.4 Å². The Balaban J connectivity index is 2.12. The lowest BCUT2D eigenvalue weighted by Gasteiger charge is -2.28. The van der Waals surface area contributed by atoms with Crippen molar-refractivity contribution < 1.29 is 28.9 Å². The van der Waals surface area contributed by atoms with Gasteiger partial charge in [-0.05, 0) is 49.0 Å². The number of benzene rings is 2. The normalized spacial score (nSPS) is 17.4. The van der Waals surface area contributed by atoms with Crippen LogP contribution in [0.4, 0.5) is 0 Å². The number of carbonyl (C=O) groups is 2. The van der Waals surface area contributed by atoms with Crippen molar-refractivity contribution in [2.24, 2.45) is 0 Å². The fourth-order valence-corrected chi connectivity index (χ4v) is 4.17. The smallest absolute Gasteiger partial charge is 0.295 e. The van der Waals surface area contributed by atoms with Crippen LogP contribution < -0.4 is 14.2 Å². The maximum atomic E-state index is 13.2. The molecule has 0 bridgehead atoms. The molecular weight excluding hydrogens is 436 g/mol. The molecule has 0 radical (unpaired) electrons. The molecule has 1 heterocycles. The third kappa shape index (κ3) is 4.87. The molecule has 2 aromatic rings. The van der Waals surface area contributed by atoms with Crippen LogP contribution in [0.15, 0.2) is 48.0 Å². The molecule has 1 atom stereocenters. The molecule has 1 amide bonds. The van der Waals surface area contributed by atoms with Gasteiger partial charge in [-0.15, -0.1) is 0 Å². The van der Waals surface area contributed by atoms with Crippen molar-refractivity contribution in [2.45, 2.75) is 19.9 Å². The largest absolute Gasteiger partial charge is 0.507 e. The summed E-state index contributed by atoms with van der Waals surface area (Å²) in [5, 5.41) is 11.3. The second-order valence-corrected chi connectivity index (χ2v) is 7.86. The lowest BCUT2D eigenvalue weighted by atomic mass is 9.95. The molecule has 1 aliphatic heterocycles. The summed E-state index contributed by atoms with van der Waals surface area (Å²) in [6.45, 7) is 6.73. The molecule has 8 heteroatoms. The van der Waals surface area contributed by atoms with Crippen molar-refractivity contribution in [1.29, 1.82) is 0 Å². The number of hydrogen-bond donors (Lipinski definition) is 1. The highest BCUT2D eigenvalue weighted by molar-refractivity contribution is 6.46. The molecule has 1 fully saturated rings. The number of methoxy groups -OCH3 is 3. The SMILES string of the molecule is CCN(CC)CCN1C(=O)C(=O)C(=C(O)c2ccc(OC)c(OC)c2)C1c1ccc(OC)cc1. The number of Topliss-reactive ketones (excluding diaryl/α,β-unsaturated/α-hetero) is 1. The zero-order valence-corrected chi connectivity index (χ0v) is 20.3. The monoisotopic (exact) mass is 468 g/mol. The number of likely N-dealkylation sites (tertiary alicyclic amines) is 1. The van der Waals surface area contributed by atoms with E-state index in [1.54, 1.807) is 37.4 Å². The Morgan fingerprint density at radius 2 is 1.59 bits per heavy atom. The fraction of sp³-hybridized carbons (Fsp3) is 0.385. The zero-order chi connectivity index (χ0) is 24.8. The van der Waals surface area contributed by atoms with Gasteiger partial charge in [0.15, 0.2) is 11.5 Å². The minimum atomic E-state index is -0.727. The van der Waals surface area contributed by atoms with Crippen LogP contribution in [0.3, 0.4) is 0 Å². The van der Waals surface area contributed by atoms with Crippen molar-refractivity contribution in [3.05, 3.63) is 59.2 Å². The molecule has 3 rings (SSSR count). The number of amides is 1. The molecular formula is C26H32N2O6. The van der Waals surface area contributed by atoms with Gasteiger partial charge < -0.3 is 29.1 Å². The molecule has 1 N–H and O–H groups in total. The summed E-state index contributed by atoms with van der Waals surface area (Å²) in [6, 6.07) is 11.3. The second-order valence-electron chi connectivity index (χ2n) is 7.86. The second kappa shape index (κ2) is 11.1. The summed E-state index contributed by atoms with van der Waals surface area (Å²) < 4.78 is 15.9. The number of ketones is 1. The first-order valence-corrected chi connectivity index (χ1v) is 11.3. The van der Waals surface area contributed by atoms with E-state index in [-0.39, 0.29) is 11.3 Å². The molecule has 0 aromatic heterocycles. The number of nitrogens with zero attached hydrogens (tertiary/aromatic N) is 2. The first kappa shape index (κ1) is 25.1. The van der Waals surface area contributed by atoms with Crippen LogP contribution in [-0.4, -0.2) is 74.1 Å². The summed E-state index contributed by atoms with van der Waals surface area (Å²) >= 11 is 0. The van der Waals surface area contributed by atoms with Crippen LogP contribution in [0.2, 0.25) is 0 Å². The number of likely N-dealkylation sites (N-methyl/N-ethyl adjacent to an activating group) is 1. The van der Waals surface area contributed by atoms with E-state index in [9.17, 15) is 14.7 Å². The topological polar surface area (TPSA) is 88.5 Å². The van der Waals surface area contributed by atoms with E-state index < -0.39 is 17.7 Å². The Kier molecular flexibility index (Phi) is 8.17. The van der Waals surface area contributed by atoms with Gasteiger partial charge in [0.1, 0.15) is 11.5 Å². The van der Waals surface area contributed by atoms with Gasteiger partial charge in [-0.25, -0.2) is 0 Å². The average molecular weight is 469 g/mol. The maximum absolute atomic E-state index is 13.2. The van der Waals surface area contributed by atoms with E-state index in [0.29, 0.717) is 41.5 Å². The molecule has 0 saturated carbocycles. The third-order valence-electron chi connectivity index (χ3n) is 6.18. The quantitative estimate of drug-likeness (QED) is 0.324.